The molecule has 0 spiro atoms. The number of rotatable bonds is 8. The molecule has 1 N–H and O–H groups in total. The third kappa shape index (κ3) is 10.2. The van der Waals surface area contributed by atoms with Gasteiger partial charge < -0.3 is 9.47 Å². The van der Waals surface area contributed by atoms with Crippen LogP contribution >= 0.6 is 0 Å². The van der Waals surface area contributed by atoms with E-state index in [1.807, 2.05) is 13.8 Å². The first-order chi connectivity index (χ1) is 6.91. The van der Waals surface area contributed by atoms with Crippen LogP contribution < -0.4 is 5.32 Å². The molecule has 0 saturated carbocycles. The van der Waals surface area contributed by atoms with E-state index in [0.29, 0.717) is 11.8 Å². The maximum atomic E-state index is 5.59. The minimum absolute atomic E-state index is 0.0505. The van der Waals surface area contributed by atoms with Crippen molar-refractivity contribution >= 4 is 0 Å². The second-order valence-electron chi connectivity index (χ2n) is 4.91. The first kappa shape index (κ1) is 14.9. The van der Waals surface area contributed by atoms with Gasteiger partial charge in [-0.2, -0.15) is 0 Å². The van der Waals surface area contributed by atoms with Crippen LogP contribution in [0.4, 0.5) is 0 Å². The lowest BCUT2D eigenvalue weighted by atomic mass is 10.2. The van der Waals surface area contributed by atoms with Crippen molar-refractivity contribution in [3.63, 3.8) is 0 Å². The average Bonchev–Trinajstić information content (AvgIpc) is 2.11. The SMILES string of the molecule is CC(C)COC(C)NC(C)OCC(C)C. The smallest absolute Gasteiger partial charge is 0.107 e. The summed E-state index contributed by atoms with van der Waals surface area (Å²) < 4.78 is 11.2. The van der Waals surface area contributed by atoms with E-state index in [1.165, 1.54) is 0 Å². The first-order valence-electron chi connectivity index (χ1n) is 5.91. The molecule has 3 heteroatoms. The average molecular weight is 217 g/mol. The Hall–Kier alpha value is -0.120. The van der Waals surface area contributed by atoms with E-state index >= 15 is 0 Å². The maximum Gasteiger partial charge on any atom is 0.107 e. The van der Waals surface area contributed by atoms with Crippen LogP contribution in [0.2, 0.25) is 0 Å². The quantitative estimate of drug-likeness (QED) is 0.634. The van der Waals surface area contributed by atoms with Crippen LogP contribution in [0.15, 0.2) is 0 Å². The topological polar surface area (TPSA) is 30.5 Å². The standard InChI is InChI=1S/C12H27NO2/c1-9(2)7-14-11(5)13-12(6)15-8-10(3)4/h9-13H,7-8H2,1-6H3. The molecule has 2 unspecified atom stereocenters. The highest BCUT2D eigenvalue weighted by molar-refractivity contribution is 4.53. The summed E-state index contributed by atoms with van der Waals surface area (Å²) >= 11 is 0. The van der Waals surface area contributed by atoms with Gasteiger partial charge in [-0.15, -0.1) is 0 Å². The number of hydrogen-bond acceptors (Lipinski definition) is 3. The molecule has 0 radical (unpaired) electrons. The molecule has 0 heterocycles. The van der Waals surface area contributed by atoms with Gasteiger partial charge in [-0.25, -0.2) is 0 Å². The lowest BCUT2D eigenvalue weighted by molar-refractivity contribution is -0.0428. The molecule has 92 valence electrons. The van der Waals surface area contributed by atoms with Gasteiger partial charge in [0.2, 0.25) is 0 Å². The molecule has 0 amide bonds. The Morgan fingerprint density at radius 3 is 1.33 bits per heavy atom. The van der Waals surface area contributed by atoms with Gasteiger partial charge in [0.05, 0.1) is 13.2 Å². The molecular formula is C12H27NO2. The van der Waals surface area contributed by atoms with Crippen molar-refractivity contribution in [3.8, 4) is 0 Å². The van der Waals surface area contributed by atoms with Crippen LogP contribution in [0.5, 0.6) is 0 Å². The lowest BCUT2D eigenvalue weighted by Crippen LogP contribution is -2.39. The zero-order valence-electron chi connectivity index (χ0n) is 11.0. The molecule has 0 fully saturated rings. The predicted octanol–water partition coefficient (Wildman–Crippen LogP) is 2.61. The molecular weight excluding hydrogens is 190 g/mol. The van der Waals surface area contributed by atoms with Gasteiger partial charge in [0.1, 0.15) is 12.5 Å². The van der Waals surface area contributed by atoms with E-state index in [9.17, 15) is 0 Å². The Bertz CT molecular complexity index is 133. The molecule has 2 atom stereocenters. The Balaban J connectivity index is 3.52. The highest BCUT2D eigenvalue weighted by Crippen LogP contribution is 1.99. The normalized spacial score (nSPS) is 16.0. The van der Waals surface area contributed by atoms with Gasteiger partial charge in [-0.3, -0.25) is 5.32 Å². The summed E-state index contributed by atoms with van der Waals surface area (Å²) in [7, 11) is 0. The van der Waals surface area contributed by atoms with Crippen LogP contribution in [-0.2, 0) is 9.47 Å². The fraction of sp³-hybridized carbons (Fsp3) is 1.00. The summed E-state index contributed by atoms with van der Waals surface area (Å²) in [5.41, 5.74) is 0. The molecule has 15 heavy (non-hydrogen) atoms. The fourth-order valence-electron chi connectivity index (χ4n) is 1.10. The Morgan fingerprint density at radius 1 is 0.733 bits per heavy atom. The van der Waals surface area contributed by atoms with Crippen molar-refractivity contribution in [2.75, 3.05) is 13.2 Å². The van der Waals surface area contributed by atoms with Crippen molar-refractivity contribution < 1.29 is 9.47 Å². The second-order valence-corrected chi connectivity index (χ2v) is 4.91. The van der Waals surface area contributed by atoms with Gasteiger partial charge in [0.15, 0.2) is 0 Å². The van der Waals surface area contributed by atoms with Crippen LogP contribution in [0, 0.1) is 11.8 Å². The van der Waals surface area contributed by atoms with Crippen molar-refractivity contribution in [2.45, 2.75) is 54.0 Å². The van der Waals surface area contributed by atoms with Crippen LogP contribution in [-0.4, -0.2) is 25.7 Å². The van der Waals surface area contributed by atoms with Crippen molar-refractivity contribution in [3.05, 3.63) is 0 Å². The lowest BCUT2D eigenvalue weighted by Gasteiger charge is -2.22. The molecule has 0 aliphatic rings. The van der Waals surface area contributed by atoms with Crippen molar-refractivity contribution in [2.24, 2.45) is 11.8 Å². The maximum absolute atomic E-state index is 5.59. The molecule has 0 aromatic rings. The zero-order valence-corrected chi connectivity index (χ0v) is 11.0. The minimum atomic E-state index is 0.0505. The van der Waals surface area contributed by atoms with E-state index in [0.717, 1.165) is 13.2 Å². The summed E-state index contributed by atoms with van der Waals surface area (Å²) in [6, 6.07) is 0. The van der Waals surface area contributed by atoms with E-state index in [-0.39, 0.29) is 12.5 Å². The van der Waals surface area contributed by atoms with Crippen LogP contribution in [0.25, 0.3) is 0 Å². The summed E-state index contributed by atoms with van der Waals surface area (Å²) in [5.74, 6) is 1.14. The Kier molecular flexibility index (Phi) is 8.02. The first-order valence-corrected chi connectivity index (χ1v) is 5.91. The summed E-state index contributed by atoms with van der Waals surface area (Å²) in [6.07, 6.45) is 0.101. The monoisotopic (exact) mass is 217 g/mol. The van der Waals surface area contributed by atoms with E-state index < -0.39 is 0 Å². The van der Waals surface area contributed by atoms with Gasteiger partial charge in [0, 0.05) is 0 Å². The molecule has 0 saturated heterocycles. The summed E-state index contributed by atoms with van der Waals surface area (Å²) in [4.78, 5) is 0. The zero-order chi connectivity index (χ0) is 11.8. The third-order valence-electron chi connectivity index (χ3n) is 1.83. The predicted molar refractivity (Wildman–Crippen MR) is 63.6 cm³/mol. The highest BCUT2D eigenvalue weighted by atomic mass is 16.5. The van der Waals surface area contributed by atoms with Crippen LogP contribution in [0.3, 0.4) is 0 Å². The molecule has 0 aliphatic carbocycles. The number of ether oxygens (including phenoxy) is 2. The molecule has 0 aliphatic heterocycles. The Morgan fingerprint density at radius 2 is 1.07 bits per heavy atom. The molecule has 0 aromatic carbocycles. The summed E-state index contributed by atoms with van der Waals surface area (Å²) in [6.45, 7) is 14.2. The van der Waals surface area contributed by atoms with Crippen LogP contribution in [0.1, 0.15) is 41.5 Å². The number of nitrogens with one attached hydrogen (secondary N) is 1. The summed E-state index contributed by atoms with van der Waals surface area (Å²) in [5, 5.41) is 3.25. The van der Waals surface area contributed by atoms with E-state index in [2.05, 4.69) is 33.0 Å². The van der Waals surface area contributed by atoms with Crippen molar-refractivity contribution in [1.82, 2.24) is 5.32 Å². The Labute approximate surface area is 94.5 Å². The van der Waals surface area contributed by atoms with E-state index in [4.69, 9.17) is 9.47 Å². The van der Waals surface area contributed by atoms with Gasteiger partial charge in [-0.1, -0.05) is 27.7 Å². The van der Waals surface area contributed by atoms with E-state index in [1.54, 1.807) is 0 Å². The minimum Gasteiger partial charge on any atom is -0.363 e. The van der Waals surface area contributed by atoms with Crippen molar-refractivity contribution in [1.29, 1.82) is 0 Å². The molecule has 0 aromatic heterocycles. The number of hydrogen-bond donors (Lipinski definition) is 1. The molecule has 0 rings (SSSR count). The second kappa shape index (κ2) is 8.08. The molecule has 0 bridgehead atoms. The fourth-order valence-corrected chi connectivity index (χ4v) is 1.10. The molecule has 3 nitrogen and oxygen atoms in total. The third-order valence-corrected chi connectivity index (χ3v) is 1.83. The largest absolute Gasteiger partial charge is 0.363 e. The van der Waals surface area contributed by atoms with Gasteiger partial charge in [-0.05, 0) is 25.7 Å². The highest BCUT2D eigenvalue weighted by Gasteiger charge is 2.08. The van der Waals surface area contributed by atoms with Gasteiger partial charge >= 0.3 is 0 Å². The van der Waals surface area contributed by atoms with Gasteiger partial charge in [0.25, 0.3) is 0 Å².